The first-order valence-electron chi connectivity index (χ1n) is 12.0. The fourth-order valence-electron chi connectivity index (χ4n) is 4.33. The van der Waals surface area contributed by atoms with Gasteiger partial charge in [0.15, 0.2) is 0 Å². The molecule has 0 unspecified atom stereocenters. The average molecular weight is 447 g/mol. The monoisotopic (exact) mass is 446 g/mol. The lowest BCUT2D eigenvalue weighted by Crippen LogP contribution is -2.34. The van der Waals surface area contributed by atoms with E-state index in [1.807, 2.05) is 42.5 Å². The van der Waals surface area contributed by atoms with Gasteiger partial charge >= 0.3 is 0 Å². The van der Waals surface area contributed by atoms with Gasteiger partial charge in [-0.1, -0.05) is 62.4 Å². The maximum Gasteiger partial charge on any atom is 0.123 e. The highest BCUT2D eigenvalue weighted by atomic mass is 16.5. The van der Waals surface area contributed by atoms with Crippen molar-refractivity contribution in [2.75, 3.05) is 0 Å². The average Bonchev–Trinajstić information content (AvgIpc) is 2.76. The minimum Gasteiger partial charge on any atom is -0.508 e. The van der Waals surface area contributed by atoms with Crippen molar-refractivity contribution in [2.45, 2.75) is 78.4 Å². The van der Waals surface area contributed by atoms with E-state index in [9.17, 15) is 5.11 Å². The molecule has 0 bridgehead atoms. The molecular weight excluding hydrogens is 408 g/mol. The molecule has 0 spiro atoms. The number of hydrogen-bond acceptors (Lipinski definition) is 3. The van der Waals surface area contributed by atoms with Crippen LogP contribution < -0.4 is 9.47 Å². The standard InChI is InChI=1S/C30H38O3/c1-7-22-14-9-11-18-27(22)32-29(3,4)20-24-16-13-17-26(31)25(24)21-30(5,6)33-28-19-12-10-15-23(28)8-2/h9-19,31H,7-8,20-21H2,1-6H3. The summed E-state index contributed by atoms with van der Waals surface area (Å²) in [5.74, 6) is 2.13. The molecular formula is C30H38O3. The molecule has 33 heavy (non-hydrogen) atoms. The van der Waals surface area contributed by atoms with Crippen LogP contribution in [0, 0.1) is 0 Å². The first-order chi connectivity index (χ1) is 15.6. The molecule has 176 valence electrons. The lowest BCUT2D eigenvalue weighted by atomic mass is 9.88. The Hall–Kier alpha value is -2.94. The second kappa shape index (κ2) is 10.3. The SMILES string of the molecule is CCc1ccccc1OC(C)(C)Cc1cccc(O)c1CC(C)(C)Oc1ccccc1CC. The van der Waals surface area contributed by atoms with Crippen molar-refractivity contribution in [2.24, 2.45) is 0 Å². The highest BCUT2D eigenvalue weighted by molar-refractivity contribution is 5.42. The van der Waals surface area contributed by atoms with Crippen molar-refractivity contribution < 1.29 is 14.6 Å². The first kappa shape index (κ1) is 24.7. The molecule has 3 rings (SSSR count). The lowest BCUT2D eigenvalue weighted by molar-refractivity contribution is 0.101. The molecule has 0 aliphatic heterocycles. The van der Waals surface area contributed by atoms with E-state index in [1.165, 1.54) is 11.1 Å². The highest BCUT2D eigenvalue weighted by Crippen LogP contribution is 2.33. The minimum atomic E-state index is -0.487. The highest BCUT2D eigenvalue weighted by Gasteiger charge is 2.28. The van der Waals surface area contributed by atoms with Crippen LogP contribution >= 0.6 is 0 Å². The molecule has 1 N–H and O–H groups in total. The summed E-state index contributed by atoms with van der Waals surface area (Å²) in [4.78, 5) is 0. The third kappa shape index (κ3) is 6.54. The quantitative estimate of drug-likeness (QED) is 0.355. The van der Waals surface area contributed by atoms with Crippen molar-refractivity contribution in [3.8, 4) is 17.2 Å². The maximum atomic E-state index is 10.8. The van der Waals surface area contributed by atoms with Gasteiger partial charge in [0.1, 0.15) is 28.5 Å². The van der Waals surface area contributed by atoms with Crippen LogP contribution in [0.1, 0.15) is 63.8 Å². The number of benzene rings is 3. The molecule has 3 heteroatoms. The number of para-hydroxylation sites is 2. The molecule has 0 aliphatic carbocycles. The topological polar surface area (TPSA) is 38.7 Å². The summed E-state index contributed by atoms with van der Waals surface area (Å²) in [6, 6.07) is 22.1. The summed E-state index contributed by atoms with van der Waals surface area (Å²) in [6.07, 6.45) is 3.11. The number of phenolic OH excluding ortho intramolecular Hbond substituents is 1. The zero-order chi connectivity index (χ0) is 24.1. The van der Waals surface area contributed by atoms with Crippen LogP contribution in [-0.2, 0) is 25.7 Å². The molecule has 0 heterocycles. The normalized spacial score (nSPS) is 11.9. The second-order valence-electron chi connectivity index (χ2n) is 9.91. The van der Waals surface area contributed by atoms with Gasteiger partial charge < -0.3 is 14.6 Å². The zero-order valence-corrected chi connectivity index (χ0v) is 20.9. The maximum absolute atomic E-state index is 10.8. The van der Waals surface area contributed by atoms with Gasteiger partial charge in [0, 0.05) is 18.4 Å². The van der Waals surface area contributed by atoms with Crippen LogP contribution in [0.3, 0.4) is 0 Å². The number of hydrogen-bond donors (Lipinski definition) is 1. The number of rotatable bonds is 10. The Morgan fingerprint density at radius 1 is 0.606 bits per heavy atom. The van der Waals surface area contributed by atoms with E-state index in [1.54, 1.807) is 6.07 Å². The van der Waals surface area contributed by atoms with Crippen LogP contribution in [-0.4, -0.2) is 16.3 Å². The van der Waals surface area contributed by atoms with Crippen molar-refractivity contribution in [3.63, 3.8) is 0 Å². The van der Waals surface area contributed by atoms with E-state index < -0.39 is 11.2 Å². The number of aromatic hydroxyl groups is 1. The third-order valence-corrected chi connectivity index (χ3v) is 5.95. The summed E-state index contributed by atoms with van der Waals surface area (Å²) in [6.45, 7) is 12.6. The van der Waals surface area contributed by atoms with Gasteiger partial charge in [0.25, 0.3) is 0 Å². The van der Waals surface area contributed by atoms with Crippen molar-refractivity contribution >= 4 is 0 Å². The van der Waals surface area contributed by atoms with Gasteiger partial charge in [0.2, 0.25) is 0 Å². The Kier molecular flexibility index (Phi) is 7.73. The van der Waals surface area contributed by atoms with Crippen LogP contribution in [0.5, 0.6) is 17.2 Å². The Morgan fingerprint density at radius 3 is 1.58 bits per heavy atom. The van der Waals surface area contributed by atoms with Gasteiger partial charge in [-0.3, -0.25) is 0 Å². The van der Waals surface area contributed by atoms with Crippen LogP contribution in [0.15, 0.2) is 66.7 Å². The van der Waals surface area contributed by atoms with Crippen LogP contribution in [0.2, 0.25) is 0 Å². The summed E-state index contributed by atoms with van der Waals surface area (Å²) in [5.41, 5.74) is 3.45. The summed E-state index contributed by atoms with van der Waals surface area (Å²) in [5, 5.41) is 10.8. The molecule has 0 aromatic heterocycles. The molecule has 3 nitrogen and oxygen atoms in total. The third-order valence-electron chi connectivity index (χ3n) is 5.95. The number of phenols is 1. The molecule has 3 aromatic carbocycles. The van der Waals surface area contributed by atoms with Gasteiger partial charge in [-0.15, -0.1) is 0 Å². The molecule has 3 aromatic rings. The Bertz CT molecular complexity index is 1070. The molecule has 0 radical (unpaired) electrons. The zero-order valence-electron chi connectivity index (χ0n) is 20.9. The molecule has 0 aliphatic rings. The summed E-state index contributed by atoms with van der Waals surface area (Å²) in [7, 11) is 0. The van der Waals surface area contributed by atoms with E-state index in [0.717, 1.165) is 35.5 Å². The smallest absolute Gasteiger partial charge is 0.123 e. The first-order valence-corrected chi connectivity index (χ1v) is 12.0. The molecule has 0 atom stereocenters. The van der Waals surface area contributed by atoms with Crippen molar-refractivity contribution in [3.05, 3.63) is 89.0 Å². The summed E-state index contributed by atoms with van der Waals surface area (Å²) < 4.78 is 12.9. The minimum absolute atomic E-state index is 0.303. The molecule has 0 amide bonds. The fraction of sp³-hybridized carbons (Fsp3) is 0.400. The predicted octanol–water partition coefficient (Wildman–Crippen LogP) is 7.32. The number of ether oxygens (including phenoxy) is 2. The Morgan fingerprint density at radius 2 is 1.06 bits per heavy atom. The van der Waals surface area contributed by atoms with Crippen LogP contribution in [0.4, 0.5) is 0 Å². The lowest BCUT2D eigenvalue weighted by Gasteiger charge is -2.31. The van der Waals surface area contributed by atoms with E-state index in [-0.39, 0.29) is 0 Å². The molecule has 0 saturated heterocycles. The van der Waals surface area contributed by atoms with Crippen LogP contribution in [0.25, 0.3) is 0 Å². The predicted molar refractivity (Wildman–Crippen MR) is 137 cm³/mol. The van der Waals surface area contributed by atoms with Crippen molar-refractivity contribution in [1.82, 2.24) is 0 Å². The van der Waals surface area contributed by atoms with Gasteiger partial charge in [-0.05, 0) is 75.4 Å². The fourth-order valence-corrected chi connectivity index (χ4v) is 4.33. The van der Waals surface area contributed by atoms with Gasteiger partial charge in [-0.2, -0.15) is 0 Å². The van der Waals surface area contributed by atoms with Gasteiger partial charge in [-0.25, -0.2) is 0 Å². The molecule has 0 fully saturated rings. The van der Waals surface area contributed by atoms with E-state index in [4.69, 9.17) is 9.47 Å². The van der Waals surface area contributed by atoms with Crippen molar-refractivity contribution in [1.29, 1.82) is 0 Å². The van der Waals surface area contributed by atoms with E-state index >= 15 is 0 Å². The molecule has 0 saturated carbocycles. The van der Waals surface area contributed by atoms with E-state index in [0.29, 0.717) is 18.6 Å². The number of aryl methyl sites for hydroxylation is 2. The van der Waals surface area contributed by atoms with Gasteiger partial charge in [0.05, 0.1) is 0 Å². The summed E-state index contributed by atoms with van der Waals surface area (Å²) >= 11 is 0. The Labute approximate surface area is 199 Å². The largest absolute Gasteiger partial charge is 0.508 e. The van der Waals surface area contributed by atoms with E-state index in [2.05, 4.69) is 59.7 Å². The Balaban J connectivity index is 1.83. The second-order valence-corrected chi connectivity index (χ2v) is 9.91.